The molecule has 1 aliphatic heterocycles. The predicted molar refractivity (Wildman–Crippen MR) is 148 cm³/mol. The van der Waals surface area contributed by atoms with Crippen LogP contribution in [0.2, 0.25) is 0 Å². The second-order valence-corrected chi connectivity index (χ2v) is 8.58. The van der Waals surface area contributed by atoms with Gasteiger partial charge in [0.05, 0.1) is 11.9 Å². The molecule has 0 bridgehead atoms. The molecule has 6 rings (SSSR count). The van der Waals surface area contributed by atoms with Crippen LogP contribution in [0.3, 0.4) is 0 Å². The minimum atomic E-state index is -0.253. The molecule has 1 aliphatic rings. The van der Waals surface area contributed by atoms with Gasteiger partial charge in [0.25, 0.3) is 0 Å². The van der Waals surface area contributed by atoms with E-state index in [1.54, 1.807) is 0 Å². The van der Waals surface area contributed by atoms with Gasteiger partial charge in [0.1, 0.15) is 23.5 Å². The topological polar surface area (TPSA) is 108 Å². The molecule has 0 radical (unpaired) electrons. The first kappa shape index (κ1) is 23.0. The normalized spacial score (nSPS) is 12.1. The van der Waals surface area contributed by atoms with E-state index in [0.29, 0.717) is 23.9 Å². The zero-order chi connectivity index (χ0) is 25.9. The monoisotopic (exact) mass is 501 g/mol. The first-order valence-electron chi connectivity index (χ1n) is 12.0. The molecule has 0 atom stereocenters. The van der Waals surface area contributed by atoms with Crippen LogP contribution >= 0.6 is 0 Å². The van der Waals surface area contributed by atoms with Crippen LogP contribution in [-0.2, 0) is 11.3 Å². The molecule has 0 unspecified atom stereocenters. The number of ether oxygens (including phenoxy) is 1. The lowest BCUT2D eigenvalue weighted by atomic mass is 10.1. The van der Waals surface area contributed by atoms with E-state index in [2.05, 4.69) is 32.2 Å². The number of hydrazone groups is 1. The van der Waals surface area contributed by atoms with E-state index in [1.807, 2.05) is 90.1 Å². The molecule has 2 aromatic heterocycles. The number of carbonyl (C=O) groups excluding carboxylic acids is 1. The van der Waals surface area contributed by atoms with Crippen molar-refractivity contribution < 1.29 is 9.53 Å². The minimum absolute atomic E-state index is 0.253. The summed E-state index contributed by atoms with van der Waals surface area (Å²) in [7, 11) is 0. The summed E-state index contributed by atoms with van der Waals surface area (Å²) in [6.45, 7) is 3.96. The Hall–Kier alpha value is -5.44. The lowest BCUT2D eigenvalue weighted by Crippen LogP contribution is -2.27. The summed E-state index contributed by atoms with van der Waals surface area (Å²) < 4.78 is 5.91. The zero-order valence-corrected chi connectivity index (χ0v) is 20.3. The Labute approximate surface area is 218 Å². The highest BCUT2D eigenvalue weighted by Crippen LogP contribution is 2.33. The summed E-state index contributed by atoms with van der Waals surface area (Å²) in [5, 5.41) is 13.8. The van der Waals surface area contributed by atoms with E-state index < -0.39 is 0 Å². The van der Waals surface area contributed by atoms with Crippen molar-refractivity contribution in [2.75, 3.05) is 15.6 Å². The summed E-state index contributed by atoms with van der Waals surface area (Å²) >= 11 is 0. The van der Waals surface area contributed by atoms with Gasteiger partial charge in [-0.3, -0.25) is 4.79 Å². The van der Waals surface area contributed by atoms with Crippen LogP contribution in [0.15, 0.2) is 109 Å². The van der Waals surface area contributed by atoms with Crippen LogP contribution in [0.25, 0.3) is 11.0 Å². The van der Waals surface area contributed by atoms with Crippen LogP contribution in [0.1, 0.15) is 11.1 Å². The highest BCUT2D eigenvalue weighted by molar-refractivity contribution is 6.19. The van der Waals surface area contributed by atoms with Crippen LogP contribution in [0.5, 0.6) is 11.5 Å². The molecule has 1 amide bonds. The molecule has 3 heterocycles. The van der Waals surface area contributed by atoms with Crippen molar-refractivity contribution in [1.29, 1.82) is 0 Å². The Morgan fingerprint density at radius 1 is 0.947 bits per heavy atom. The molecule has 38 heavy (non-hydrogen) atoms. The average Bonchev–Trinajstić information content (AvgIpc) is 3.39. The zero-order valence-electron chi connectivity index (χ0n) is 20.3. The Morgan fingerprint density at radius 3 is 2.45 bits per heavy atom. The van der Waals surface area contributed by atoms with E-state index in [4.69, 9.17) is 9.84 Å². The number of H-pyrrole nitrogens is 1. The first-order valence-corrected chi connectivity index (χ1v) is 12.0. The van der Waals surface area contributed by atoms with Crippen molar-refractivity contribution in [3.63, 3.8) is 0 Å². The van der Waals surface area contributed by atoms with Gasteiger partial charge in [-0.25, -0.2) is 15.0 Å². The largest absolute Gasteiger partial charge is 0.457 e. The van der Waals surface area contributed by atoms with E-state index in [9.17, 15) is 4.79 Å². The van der Waals surface area contributed by atoms with Crippen LogP contribution < -0.4 is 20.4 Å². The van der Waals surface area contributed by atoms with Gasteiger partial charge in [0.2, 0.25) is 5.91 Å². The molecular weight excluding hydrogens is 478 g/mol. The van der Waals surface area contributed by atoms with Gasteiger partial charge in [-0.05, 0) is 60.2 Å². The smallest absolute Gasteiger partial charge is 0.247 e. The van der Waals surface area contributed by atoms with Gasteiger partial charge in [-0.1, -0.05) is 36.9 Å². The summed E-state index contributed by atoms with van der Waals surface area (Å²) in [4.78, 5) is 23.7. The van der Waals surface area contributed by atoms with Gasteiger partial charge in [0, 0.05) is 23.1 Å². The number of amidine groups is 1. The molecule has 0 aliphatic carbocycles. The first-order chi connectivity index (χ1) is 18.7. The van der Waals surface area contributed by atoms with Gasteiger partial charge in [-0.2, -0.15) is 5.10 Å². The van der Waals surface area contributed by atoms with E-state index >= 15 is 0 Å². The number of para-hydroxylation sites is 1. The van der Waals surface area contributed by atoms with Gasteiger partial charge in [-0.15, -0.1) is 0 Å². The summed E-state index contributed by atoms with van der Waals surface area (Å²) in [6.07, 6.45) is 4.65. The number of amides is 1. The maximum Gasteiger partial charge on any atom is 0.247 e. The molecule has 186 valence electrons. The fourth-order valence-electron chi connectivity index (χ4n) is 4.18. The molecule has 9 heteroatoms. The quantitative estimate of drug-likeness (QED) is 0.248. The summed E-state index contributed by atoms with van der Waals surface area (Å²) in [5.74, 6) is 2.65. The van der Waals surface area contributed by atoms with Crippen LogP contribution in [0.4, 0.5) is 17.2 Å². The molecule has 3 aromatic carbocycles. The minimum Gasteiger partial charge on any atom is -0.457 e. The number of nitrogens with one attached hydrogen (secondary N) is 3. The van der Waals surface area contributed by atoms with Crippen LogP contribution in [-0.4, -0.2) is 26.7 Å². The third-order valence-corrected chi connectivity index (χ3v) is 6.01. The Bertz CT molecular complexity index is 1640. The molecule has 3 N–H and O–H groups in total. The molecule has 0 fully saturated rings. The number of carbonyl (C=O) groups is 1. The fraction of sp³-hybridized carbons (Fsp3) is 0.0345. The number of rotatable bonds is 7. The third-order valence-electron chi connectivity index (χ3n) is 6.01. The second kappa shape index (κ2) is 9.90. The van der Waals surface area contributed by atoms with Gasteiger partial charge >= 0.3 is 0 Å². The predicted octanol–water partition coefficient (Wildman–Crippen LogP) is 5.67. The Kier molecular flexibility index (Phi) is 5.99. The van der Waals surface area contributed by atoms with E-state index in [-0.39, 0.29) is 5.91 Å². The molecule has 9 nitrogen and oxygen atoms in total. The number of anilines is 3. The number of nitrogens with zero attached hydrogens (tertiary/aromatic N) is 4. The SMILES string of the molecule is C=CC(=O)Nc1ccc(CN2N=C(Nc3ccc(Oc4ccccc4)cc3)c3c[nH]c4ncnc2c34)cc1. The summed E-state index contributed by atoms with van der Waals surface area (Å²) in [6, 6.07) is 24.9. The van der Waals surface area contributed by atoms with Crippen molar-refractivity contribution >= 4 is 40.0 Å². The molecule has 0 saturated carbocycles. The number of aromatic amines is 1. The maximum atomic E-state index is 11.6. The van der Waals surface area contributed by atoms with Crippen molar-refractivity contribution in [1.82, 2.24) is 15.0 Å². The van der Waals surface area contributed by atoms with Crippen molar-refractivity contribution in [3.8, 4) is 11.5 Å². The fourth-order valence-corrected chi connectivity index (χ4v) is 4.18. The molecule has 5 aromatic rings. The van der Waals surface area contributed by atoms with Crippen molar-refractivity contribution in [3.05, 3.63) is 115 Å². The Balaban J connectivity index is 1.25. The molecule has 0 saturated heterocycles. The van der Waals surface area contributed by atoms with E-state index in [1.165, 1.54) is 12.4 Å². The van der Waals surface area contributed by atoms with Gasteiger partial charge < -0.3 is 20.4 Å². The van der Waals surface area contributed by atoms with Crippen molar-refractivity contribution in [2.24, 2.45) is 5.10 Å². The maximum absolute atomic E-state index is 11.6. The standard InChI is InChI=1S/C29H23N7O2/c1-2-25(37)33-20-10-8-19(9-11-20)17-36-29-26-24(16-30-28(26)31-18-32-29)27(35-36)34-21-12-14-23(15-13-21)38-22-6-4-3-5-7-22/h2-16,18H,1,17H2,(H,33,37)(H,34,35)(H,30,31,32). The van der Waals surface area contributed by atoms with Crippen molar-refractivity contribution in [2.45, 2.75) is 6.54 Å². The lowest BCUT2D eigenvalue weighted by molar-refractivity contribution is -0.111. The number of hydrogen-bond donors (Lipinski definition) is 3. The number of hydrogen-bond acceptors (Lipinski definition) is 7. The number of benzene rings is 3. The third kappa shape index (κ3) is 4.68. The van der Waals surface area contributed by atoms with Crippen LogP contribution in [0, 0.1) is 0 Å². The molecule has 0 spiro atoms. The van der Waals surface area contributed by atoms with E-state index in [0.717, 1.165) is 39.3 Å². The lowest BCUT2D eigenvalue weighted by Gasteiger charge is -2.25. The van der Waals surface area contributed by atoms with Gasteiger partial charge in [0.15, 0.2) is 11.7 Å². The Morgan fingerprint density at radius 2 is 1.68 bits per heavy atom. The highest BCUT2D eigenvalue weighted by Gasteiger charge is 2.25. The number of aromatic nitrogens is 3. The highest BCUT2D eigenvalue weighted by atomic mass is 16.5. The second-order valence-electron chi connectivity index (χ2n) is 8.58. The summed E-state index contributed by atoms with van der Waals surface area (Å²) in [5.41, 5.74) is 4.18. The molecular formula is C29H23N7O2. The average molecular weight is 502 g/mol.